The molecule has 1 atom stereocenters. The third-order valence-corrected chi connectivity index (χ3v) is 5.06. The second-order valence-corrected chi connectivity index (χ2v) is 6.96. The number of hydrogen-bond acceptors (Lipinski definition) is 3. The number of rotatable bonds is 6. The van der Waals surface area contributed by atoms with E-state index in [0.717, 1.165) is 41.8 Å². The van der Waals surface area contributed by atoms with Gasteiger partial charge in [0.1, 0.15) is 5.65 Å². The second-order valence-electron chi connectivity index (χ2n) is 6.96. The van der Waals surface area contributed by atoms with Gasteiger partial charge in [0, 0.05) is 36.0 Å². The number of aromatic nitrogens is 2. The average Bonchev–Trinajstić information content (AvgIpc) is 3.36. The third-order valence-electron chi connectivity index (χ3n) is 5.06. The number of pyridine rings is 1. The largest absolute Gasteiger partial charge is 0.346 e. The number of benzene rings is 1. The van der Waals surface area contributed by atoms with Crippen LogP contribution in [0.4, 0.5) is 0 Å². The van der Waals surface area contributed by atoms with Crippen LogP contribution in [0.1, 0.15) is 30.0 Å². The van der Waals surface area contributed by atoms with Crippen molar-refractivity contribution >= 4 is 23.0 Å². The number of carbonyl (C=O) groups is 1. The Labute approximate surface area is 159 Å². The van der Waals surface area contributed by atoms with E-state index in [1.54, 1.807) is 12.3 Å². The van der Waals surface area contributed by atoms with Crippen LogP contribution in [0.15, 0.2) is 60.9 Å². The normalized spacial score (nSPS) is 16.1. The molecular weight excluding hydrogens is 336 g/mol. The maximum atomic E-state index is 12.6. The number of amides is 1. The number of aromatic amines is 1. The number of nitrogens with one attached hydrogen (secondary N) is 2. The highest BCUT2D eigenvalue weighted by atomic mass is 16.1. The molecule has 0 spiro atoms. The molecule has 0 unspecified atom stereocenters. The van der Waals surface area contributed by atoms with E-state index in [1.165, 1.54) is 12.8 Å². The monoisotopic (exact) mass is 360 g/mol. The van der Waals surface area contributed by atoms with Crippen molar-refractivity contribution in [2.45, 2.75) is 18.9 Å². The summed E-state index contributed by atoms with van der Waals surface area (Å²) in [5, 5.41) is 4.19. The van der Waals surface area contributed by atoms with Crippen LogP contribution in [-0.2, 0) is 4.79 Å². The van der Waals surface area contributed by atoms with Gasteiger partial charge in [-0.1, -0.05) is 30.3 Å². The van der Waals surface area contributed by atoms with Crippen LogP contribution < -0.4 is 5.32 Å². The maximum Gasteiger partial charge on any atom is 0.244 e. The Morgan fingerprint density at radius 3 is 2.81 bits per heavy atom. The first-order chi connectivity index (χ1) is 13.3. The summed E-state index contributed by atoms with van der Waals surface area (Å²) in [7, 11) is 0. The molecule has 3 aromatic rings. The Hall–Kier alpha value is -2.92. The van der Waals surface area contributed by atoms with Crippen molar-refractivity contribution in [3.05, 3.63) is 72.1 Å². The Morgan fingerprint density at radius 1 is 1.19 bits per heavy atom. The lowest BCUT2D eigenvalue weighted by atomic mass is 10.1. The van der Waals surface area contributed by atoms with E-state index in [2.05, 4.69) is 32.3 Å². The smallest absolute Gasteiger partial charge is 0.244 e. The molecule has 27 heavy (non-hydrogen) atoms. The van der Waals surface area contributed by atoms with Gasteiger partial charge in [-0.05, 0) is 49.7 Å². The molecular formula is C22H24N4O. The fraction of sp³-hybridized carbons (Fsp3) is 0.273. The topological polar surface area (TPSA) is 61.0 Å². The predicted molar refractivity (Wildman–Crippen MR) is 108 cm³/mol. The van der Waals surface area contributed by atoms with Gasteiger partial charge in [0.05, 0.1) is 6.04 Å². The molecule has 0 radical (unpaired) electrons. The van der Waals surface area contributed by atoms with Crippen LogP contribution in [0.2, 0.25) is 0 Å². The van der Waals surface area contributed by atoms with Crippen LogP contribution in [-0.4, -0.2) is 40.4 Å². The molecule has 5 heteroatoms. The summed E-state index contributed by atoms with van der Waals surface area (Å²) in [5.74, 6) is -0.0821. The van der Waals surface area contributed by atoms with Crippen molar-refractivity contribution in [1.29, 1.82) is 0 Å². The molecule has 1 aromatic carbocycles. The summed E-state index contributed by atoms with van der Waals surface area (Å²) in [4.78, 5) is 22.4. The maximum absolute atomic E-state index is 12.6. The third kappa shape index (κ3) is 4.26. The number of nitrogens with zero attached hydrogens (tertiary/aromatic N) is 2. The quantitative estimate of drug-likeness (QED) is 0.661. The van der Waals surface area contributed by atoms with E-state index in [4.69, 9.17) is 0 Å². The first-order valence-corrected chi connectivity index (χ1v) is 9.47. The summed E-state index contributed by atoms with van der Waals surface area (Å²) in [6.07, 6.45) is 9.55. The van der Waals surface area contributed by atoms with Crippen molar-refractivity contribution < 1.29 is 4.79 Å². The summed E-state index contributed by atoms with van der Waals surface area (Å²) in [6.45, 7) is 3.06. The lowest BCUT2D eigenvalue weighted by molar-refractivity contribution is -0.117. The summed E-state index contributed by atoms with van der Waals surface area (Å²) in [6, 6.07) is 14.1. The fourth-order valence-electron chi connectivity index (χ4n) is 3.64. The molecule has 1 fully saturated rings. The first kappa shape index (κ1) is 17.5. The van der Waals surface area contributed by atoms with Gasteiger partial charge in [0.15, 0.2) is 0 Å². The molecule has 1 saturated heterocycles. The van der Waals surface area contributed by atoms with Gasteiger partial charge in [0.25, 0.3) is 0 Å². The van der Waals surface area contributed by atoms with Gasteiger partial charge >= 0.3 is 0 Å². The summed E-state index contributed by atoms with van der Waals surface area (Å²) < 4.78 is 0. The zero-order valence-electron chi connectivity index (χ0n) is 15.3. The highest BCUT2D eigenvalue weighted by Gasteiger charge is 2.19. The standard InChI is InChI=1S/C22H24N4O/c27-21(11-10-18-15-24-22-19(18)9-6-12-23-22)25-20(16-26-13-4-5-14-26)17-7-2-1-3-8-17/h1-3,6-12,15,20H,4-5,13-14,16H2,(H,23,24)(H,25,27)/t20-/m0/s1. The Balaban J connectivity index is 1.47. The minimum Gasteiger partial charge on any atom is -0.346 e. The van der Waals surface area contributed by atoms with Crippen molar-refractivity contribution in [3.8, 4) is 0 Å². The molecule has 3 heterocycles. The molecule has 4 rings (SSSR count). The molecule has 1 aliphatic heterocycles. The number of carbonyl (C=O) groups excluding carboxylic acids is 1. The van der Waals surface area contributed by atoms with E-state index < -0.39 is 0 Å². The van der Waals surface area contributed by atoms with Crippen molar-refractivity contribution in [2.24, 2.45) is 0 Å². The van der Waals surface area contributed by atoms with Crippen LogP contribution >= 0.6 is 0 Å². The van der Waals surface area contributed by atoms with Gasteiger partial charge in [-0.3, -0.25) is 4.79 Å². The number of fused-ring (bicyclic) bond motifs is 1. The summed E-state index contributed by atoms with van der Waals surface area (Å²) >= 11 is 0. The average molecular weight is 360 g/mol. The number of likely N-dealkylation sites (tertiary alicyclic amines) is 1. The van der Waals surface area contributed by atoms with Gasteiger partial charge in [-0.15, -0.1) is 0 Å². The minimum absolute atomic E-state index is 0.00825. The zero-order valence-corrected chi connectivity index (χ0v) is 15.3. The number of H-pyrrole nitrogens is 1. The first-order valence-electron chi connectivity index (χ1n) is 9.47. The van der Waals surface area contributed by atoms with Crippen molar-refractivity contribution in [3.63, 3.8) is 0 Å². The Kier molecular flexibility index (Phi) is 5.30. The van der Waals surface area contributed by atoms with E-state index in [-0.39, 0.29) is 11.9 Å². The van der Waals surface area contributed by atoms with E-state index in [9.17, 15) is 4.79 Å². The highest BCUT2D eigenvalue weighted by Crippen LogP contribution is 2.19. The molecule has 5 nitrogen and oxygen atoms in total. The Bertz CT molecular complexity index is 926. The molecule has 0 bridgehead atoms. The van der Waals surface area contributed by atoms with Crippen LogP contribution in [0.25, 0.3) is 17.1 Å². The predicted octanol–water partition coefficient (Wildman–Crippen LogP) is 3.53. The molecule has 138 valence electrons. The van der Waals surface area contributed by atoms with E-state index in [0.29, 0.717) is 0 Å². The van der Waals surface area contributed by atoms with E-state index in [1.807, 2.05) is 42.6 Å². The van der Waals surface area contributed by atoms with Gasteiger partial charge in [0.2, 0.25) is 5.91 Å². The zero-order chi connectivity index (χ0) is 18.5. The molecule has 2 N–H and O–H groups in total. The molecule has 1 amide bonds. The van der Waals surface area contributed by atoms with Crippen molar-refractivity contribution in [1.82, 2.24) is 20.2 Å². The van der Waals surface area contributed by atoms with E-state index >= 15 is 0 Å². The van der Waals surface area contributed by atoms with Gasteiger partial charge in [-0.25, -0.2) is 4.98 Å². The Morgan fingerprint density at radius 2 is 2.00 bits per heavy atom. The fourth-order valence-corrected chi connectivity index (χ4v) is 3.64. The SMILES string of the molecule is O=C(C=Cc1c[nH]c2ncccc12)N[C@@H](CN1CCCC1)c1ccccc1. The molecule has 0 aliphatic carbocycles. The highest BCUT2D eigenvalue weighted by molar-refractivity contribution is 5.95. The van der Waals surface area contributed by atoms with Gasteiger partial charge < -0.3 is 15.2 Å². The molecule has 1 aliphatic rings. The minimum atomic E-state index is -0.0821. The van der Waals surface area contributed by atoms with Crippen LogP contribution in [0.5, 0.6) is 0 Å². The summed E-state index contributed by atoms with van der Waals surface area (Å²) in [5.41, 5.74) is 2.93. The second kappa shape index (κ2) is 8.18. The van der Waals surface area contributed by atoms with Gasteiger partial charge in [-0.2, -0.15) is 0 Å². The van der Waals surface area contributed by atoms with Crippen LogP contribution in [0.3, 0.4) is 0 Å². The van der Waals surface area contributed by atoms with Crippen LogP contribution in [0, 0.1) is 0 Å². The number of hydrogen-bond donors (Lipinski definition) is 2. The lowest BCUT2D eigenvalue weighted by Gasteiger charge is -2.24. The lowest BCUT2D eigenvalue weighted by Crippen LogP contribution is -2.36. The molecule has 2 aromatic heterocycles. The van der Waals surface area contributed by atoms with Crippen molar-refractivity contribution in [2.75, 3.05) is 19.6 Å². The molecule has 0 saturated carbocycles.